The first-order valence-corrected chi connectivity index (χ1v) is 15.3. The number of benzene rings is 3. The number of hydrogen-bond acceptors (Lipinski definition) is 5. The fourth-order valence-corrected chi connectivity index (χ4v) is 6.11. The first kappa shape index (κ1) is 32.2. The number of carbonyl (C=O) groups excluding carboxylic acids is 2. The van der Waals surface area contributed by atoms with Crippen LogP contribution >= 0.6 is 23.2 Å². The summed E-state index contributed by atoms with van der Waals surface area (Å²) in [6.45, 7) is 6.87. The van der Waals surface area contributed by atoms with Crippen molar-refractivity contribution in [2.24, 2.45) is 0 Å². The minimum absolute atomic E-state index is 0.00824. The topological polar surface area (TPSA) is 96.0 Å². The molecule has 0 aliphatic carbocycles. The molecule has 0 aliphatic rings. The number of rotatable bonds is 12. The normalized spacial score (nSPS) is 12.0. The summed E-state index contributed by atoms with van der Waals surface area (Å²) in [4.78, 5) is 28.4. The van der Waals surface area contributed by atoms with Crippen molar-refractivity contribution in [3.05, 3.63) is 87.4 Å². The molecule has 1 atom stereocenters. The zero-order valence-electron chi connectivity index (χ0n) is 23.8. The van der Waals surface area contributed by atoms with E-state index in [1.165, 1.54) is 24.1 Å². The predicted octanol–water partition coefficient (Wildman–Crippen LogP) is 5.76. The summed E-state index contributed by atoms with van der Waals surface area (Å²) < 4.78 is 34.7. The summed E-state index contributed by atoms with van der Waals surface area (Å²) >= 11 is 12.8. The molecule has 0 fully saturated rings. The minimum Gasteiger partial charge on any atom is -0.495 e. The van der Waals surface area contributed by atoms with E-state index in [1.807, 2.05) is 20.8 Å². The lowest BCUT2D eigenvalue weighted by atomic mass is 10.1. The first-order valence-electron chi connectivity index (χ1n) is 13.1. The summed E-state index contributed by atoms with van der Waals surface area (Å²) in [5.41, 5.74) is 2.29. The van der Waals surface area contributed by atoms with Crippen molar-refractivity contribution in [1.29, 1.82) is 0 Å². The van der Waals surface area contributed by atoms with Gasteiger partial charge in [0, 0.05) is 28.7 Å². The highest BCUT2D eigenvalue weighted by Gasteiger charge is 2.34. The summed E-state index contributed by atoms with van der Waals surface area (Å²) in [6.07, 6.45) is 0.707. The fraction of sp³-hybridized carbons (Fsp3) is 0.333. The van der Waals surface area contributed by atoms with Crippen LogP contribution in [0.15, 0.2) is 65.6 Å². The highest BCUT2D eigenvalue weighted by atomic mass is 35.5. The third kappa shape index (κ3) is 7.72. The van der Waals surface area contributed by atoms with Gasteiger partial charge in [0.05, 0.1) is 17.7 Å². The Kier molecular flexibility index (Phi) is 11.1. The molecule has 0 radical (unpaired) electrons. The van der Waals surface area contributed by atoms with Gasteiger partial charge in [-0.2, -0.15) is 0 Å². The van der Waals surface area contributed by atoms with E-state index < -0.39 is 28.5 Å². The molecule has 41 heavy (non-hydrogen) atoms. The number of sulfonamides is 1. The molecule has 0 bridgehead atoms. The maximum absolute atomic E-state index is 14.1. The van der Waals surface area contributed by atoms with Crippen LogP contribution < -0.4 is 14.4 Å². The Labute approximate surface area is 252 Å². The Balaban J connectivity index is 2.13. The second-order valence-electron chi connectivity index (χ2n) is 9.69. The molecule has 1 unspecified atom stereocenters. The Morgan fingerprint density at radius 2 is 1.59 bits per heavy atom. The number of aryl methyl sites for hydroxylation is 2. The predicted molar refractivity (Wildman–Crippen MR) is 163 cm³/mol. The fourth-order valence-electron chi connectivity index (χ4n) is 4.18. The molecule has 220 valence electrons. The highest BCUT2D eigenvalue weighted by molar-refractivity contribution is 7.92. The van der Waals surface area contributed by atoms with Crippen LogP contribution in [0.3, 0.4) is 0 Å². The van der Waals surface area contributed by atoms with Gasteiger partial charge in [0.15, 0.2) is 0 Å². The largest absolute Gasteiger partial charge is 0.495 e. The van der Waals surface area contributed by atoms with Gasteiger partial charge in [-0.3, -0.25) is 13.9 Å². The minimum atomic E-state index is -4.24. The molecule has 0 aromatic heterocycles. The van der Waals surface area contributed by atoms with Crippen LogP contribution in [-0.2, 0) is 26.2 Å². The average Bonchev–Trinajstić information content (AvgIpc) is 2.94. The molecule has 1 N–H and O–H groups in total. The molecule has 11 heteroatoms. The average molecular weight is 621 g/mol. The molecular formula is C30H35Cl2N3O5S. The Morgan fingerprint density at radius 1 is 0.976 bits per heavy atom. The standard InChI is InChI=1S/C30H35Cl2N3O5S/c1-6-16-33-30(37)22(4)34(18-24-25(31)8-7-9-26(24)32)29(36)19-35(27-17-21(3)12-15-28(27)40-5)41(38,39)23-13-10-20(2)11-14-23/h7-15,17,22H,6,16,18-19H2,1-5H3,(H,33,37). The van der Waals surface area contributed by atoms with Crippen LogP contribution in [0.4, 0.5) is 5.69 Å². The van der Waals surface area contributed by atoms with Gasteiger partial charge in [-0.1, -0.05) is 60.0 Å². The van der Waals surface area contributed by atoms with Crippen molar-refractivity contribution in [2.75, 3.05) is 24.5 Å². The van der Waals surface area contributed by atoms with Crippen LogP contribution in [0.1, 0.15) is 37.0 Å². The smallest absolute Gasteiger partial charge is 0.264 e. The van der Waals surface area contributed by atoms with Gasteiger partial charge in [0.1, 0.15) is 18.3 Å². The van der Waals surface area contributed by atoms with E-state index in [-0.39, 0.29) is 28.8 Å². The van der Waals surface area contributed by atoms with Crippen molar-refractivity contribution >= 4 is 50.7 Å². The molecular weight excluding hydrogens is 585 g/mol. The number of nitrogens with one attached hydrogen (secondary N) is 1. The maximum Gasteiger partial charge on any atom is 0.264 e. The van der Waals surface area contributed by atoms with E-state index in [2.05, 4.69) is 5.32 Å². The van der Waals surface area contributed by atoms with Crippen LogP contribution in [0.5, 0.6) is 5.75 Å². The van der Waals surface area contributed by atoms with Gasteiger partial charge in [0.2, 0.25) is 11.8 Å². The van der Waals surface area contributed by atoms with Gasteiger partial charge in [0.25, 0.3) is 10.0 Å². The number of amides is 2. The number of carbonyl (C=O) groups is 2. The molecule has 0 spiro atoms. The van der Waals surface area contributed by atoms with Gasteiger partial charge < -0.3 is 15.0 Å². The summed E-state index contributed by atoms with van der Waals surface area (Å²) in [5.74, 6) is -0.739. The number of anilines is 1. The van der Waals surface area contributed by atoms with Gasteiger partial charge >= 0.3 is 0 Å². The molecule has 2 amide bonds. The third-order valence-electron chi connectivity index (χ3n) is 6.60. The number of ether oxygens (including phenoxy) is 1. The molecule has 3 rings (SSSR count). The van der Waals surface area contributed by atoms with Crippen LogP contribution in [0.25, 0.3) is 0 Å². The van der Waals surface area contributed by atoms with E-state index in [9.17, 15) is 18.0 Å². The SMILES string of the molecule is CCCNC(=O)C(C)N(Cc1c(Cl)cccc1Cl)C(=O)CN(c1cc(C)ccc1OC)S(=O)(=O)c1ccc(C)cc1. The van der Waals surface area contributed by atoms with E-state index in [4.69, 9.17) is 27.9 Å². The molecule has 3 aromatic rings. The van der Waals surface area contributed by atoms with E-state index in [0.717, 1.165) is 15.4 Å². The quantitative estimate of drug-likeness (QED) is 0.278. The molecule has 0 heterocycles. The number of methoxy groups -OCH3 is 1. The lowest BCUT2D eigenvalue weighted by Gasteiger charge is -2.32. The Bertz CT molecular complexity index is 1480. The van der Waals surface area contributed by atoms with Gasteiger partial charge in [-0.15, -0.1) is 0 Å². The number of nitrogens with zero attached hydrogens (tertiary/aromatic N) is 2. The Hall–Kier alpha value is -3.27. The van der Waals surface area contributed by atoms with Crippen molar-refractivity contribution in [3.63, 3.8) is 0 Å². The third-order valence-corrected chi connectivity index (χ3v) is 9.08. The van der Waals surface area contributed by atoms with Crippen molar-refractivity contribution in [3.8, 4) is 5.75 Å². The molecule has 8 nitrogen and oxygen atoms in total. The summed E-state index contributed by atoms with van der Waals surface area (Å²) in [6, 6.07) is 15.4. The highest BCUT2D eigenvalue weighted by Crippen LogP contribution is 2.34. The van der Waals surface area contributed by atoms with Gasteiger partial charge in [-0.25, -0.2) is 8.42 Å². The summed E-state index contributed by atoms with van der Waals surface area (Å²) in [5, 5.41) is 3.44. The Morgan fingerprint density at radius 3 is 2.17 bits per heavy atom. The lowest BCUT2D eigenvalue weighted by Crippen LogP contribution is -2.51. The van der Waals surface area contributed by atoms with E-state index in [1.54, 1.807) is 55.5 Å². The van der Waals surface area contributed by atoms with Crippen molar-refractivity contribution < 1.29 is 22.7 Å². The molecule has 0 saturated heterocycles. The van der Waals surface area contributed by atoms with Crippen molar-refractivity contribution in [2.45, 2.75) is 51.6 Å². The van der Waals surface area contributed by atoms with Crippen LogP contribution in [0, 0.1) is 13.8 Å². The molecule has 0 saturated carbocycles. The second-order valence-corrected chi connectivity index (χ2v) is 12.4. The molecule has 3 aromatic carbocycles. The zero-order chi connectivity index (χ0) is 30.3. The molecule has 0 aliphatic heterocycles. The van der Waals surface area contributed by atoms with Crippen molar-refractivity contribution in [1.82, 2.24) is 10.2 Å². The summed E-state index contributed by atoms with van der Waals surface area (Å²) in [7, 11) is -2.82. The number of halogens is 2. The zero-order valence-corrected chi connectivity index (χ0v) is 26.1. The second kappa shape index (κ2) is 14.1. The monoisotopic (exact) mass is 619 g/mol. The van der Waals surface area contributed by atoms with E-state index >= 15 is 0 Å². The van der Waals surface area contributed by atoms with Crippen LogP contribution in [0.2, 0.25) is 10.0 Å². The van der Waals surface area contributed by atoms with E-state index in [0.29, 0.717) is 28.6 Å². The van der Waals surface area contributed by atoms with Crippen LogP contribution in [-0.4, -0.2) is 51.4 Å². The lowest BCUT2D eigenvalue weighted by molar-refractivity contribution is -0.139. The maximum atomic E-state index is 14.1. The first-order chi connectivity index (χ1) is 19.4. The number of hydrogen-bond donors (Lipinski definition) is 1. The van der Waals surface area contributed by atoms with Gasteiger partial charge in [-0.05, 0) is 69.2 Å².